The number of nitrogens with one attached hydrogen (secondary N) is 3. The summed E-state index contributed by atoms with van der Waals surface area (Å²) >= 11 is 1.88. The molecule has 0 unspecified atom stereocenters. The minimum atomic E-state index is 0. The number of aliphatic imine (C=N–C) groups is 1. The van der Waals surface area contributed by atoms with Crippen molar-refractivity contribution in [2.45, 2.75) is 12.7 Å². The summed E-state index contributed by atoms with van der Waals surface area (Å²) in [5.41, 5.74) is 2.31. The molecule has 1 aliphatic rings. The molecule has 108 valence electrons. The molecular formula is C11H19Cl2N5S. The Balaban J connectivity index is 0.00000162. The van der Waals surface area contributed by atoms with Gasteiger partial charge in [-0.2, -0.15) is 11.8 Å². The number of rotatable bonds is 5. The largest absolute Gasteiger partial charge is 0.355 e. The first kappa shape index (κ1) is 18.1. The number of nitrogens with zero attached hydrogens (tertiary/aromatic N) is 2. The summed E-state index contributed by atoms with van der Waals surface area (Å²) in [6.07, 6.45) is 5.55. The van der Waals surface area contributed by atoms with Gasteiger partial charge in [0.1, 0.15) is 0 Å². The van der Waals surface area contributed by atoms with Gasteiger partial charge in [-0.05, 0) is 13.0 Å². The third-order valence-corrected chi connectivity index (χ3v) is 3.40. The van der Waals surface area contributed by atoms with E-state index in [0.29, 0.717) is 0 Å². The van der Waals surface area contributed by atoms with Gasteiger partial charge >= 0.3 is 0 Å². The molecule has 1 aromatic rings. The highest BCUT2D eigenvalue weighted by Crippen LogP contribution is 2.11. The van der Waals surface area contributed by atoms with Crippen LogP contribution >= 0.6 is 36.6 Å². The Morgan fingerprint density at radius 3 is 2.89 bits per heavy atom. The minimum Gasteiger partial charge on any atom is -0.355 e. The summed E-state index contributed by atoms with van der Waals surface area (Å²) in [6, 6.07) is 0. The van der Waals surface area contributed by atoms with E-state index in [1.54, 1.807) is 6.33 Å². The average molecular weight is 324 g/mol. The van der Waals surface area contributed by atoms with Crippen molar-refractivity contribution in [2.24, 2.45) is 4.99 Å². The average Bonchev–Trinajstić information content (AvgIpc) is 2.76. The first-order valence-electron chi connectivity index (χ1n) is 5.63. The molecule has 0 fully saturated rings. The van der Waals surface area contributed by atoms with Crippen LogP contribution in [0.15, 0.2) is 23.6 Å². The number of aryl methyl sites for hydroxylation is 1. The van der Waals surface area contributed by atoms with Crippen molar-refractivity contribution in [3.63, 3.8) is 0 Å². The minimum absolute atomic E-state index is 0. The summed E-state index contributed by atoms with van der Waals surface area (Å²) in [6.45, 7) is 3.79. The Kier molecular flexibility index (Phi) is 9.55. The molecule has 19 heavy (non-hydrogen) atoms. The maximum atomic E-state index is 4.18. The van der Waals surface area contributed by atoms with Crippen LogP contribution in [0.3, 0.4) is 0 Å². The summed E-state index contributed by atoms with van der Waals surface area (Å²) in [5, 5.41) is 6.42. The normalized spacial score (nSPS) is 12.8. The summed E-state index contributed by atoms with van der Waals surface area (Å²) in [7, 11) is 0. The molecule has 1 aromatic heterocycles. The summed E-state index contributed by atoms with van der Waals surface area (Å²) in [4.78, 5) is 11.5. The highest BCUT2D eigenvalue weighted by atomic mass is 35.5. The maximum absolute atomic E-state index is 4.18. The molecule has 0 saturated carbocycles. The predicted molar refractivity (Wildman–Crippen MR) is 86.6 cm³/mol. The number of imidazole rings is 1. The Bertz CT molecular complexity index is 419. The van der Waals surface area contributed by atoms with E-state index in [2.05, 4.69) is 25.6 Å². The molecular weight excluding hydrogens is 305 g/mol. The monoisotopic (exact) mass is 323 g/mol. The van der Waals surface area contributed by atoms with Crippen LogP contribution in [-0.2, 0) is 5.75 Å². The molecule has 2 rings (SSSR count). The van der Waals surface area contributed by atoms with Gasteiger partial charge in [0, 0.05) is 36.5 Å². The summed E-state index contributed by atoms with van der Waals surface area (Å²) < 4.78 is 0. The van der Waals surface area contributed by atoms with Crippen LogP contribution in [0, 0.1) is 6.92 Å². The van der Waals surface area contributed by atoms with Gasteiger partial charge in [0.05, 0.1) is 12.0 Å². The number of halogens is 2. The van der Waals surface area contributed by atoms with Crippen molar-refractivity contribution in [3.05, 3.63) is 30.0 Å². The SMILES string of the molecule is Cc1nc[nH]c1CSCCNC1=NC=CCN1.Cl.Cl. The number of H-pyrrole nitrogens is 1. The Morgan fingerprint density at radius 1 is 1.42 bits per heavy atom. The highest BCUT2D eigenvalue weighted by Gasteiger charge is 2.01. The quantitative estimate of drug-likeness (QED) is 0.724. The Morgan fingerprint density at radius 2 is 2.26 bits per heavy atom. The van der Waals surface area contributed by atoms with E-state index in [4.69, 9.17) is 0 Å². The number of hydrogen-bond donors (Lipinski definition) is 3. The van der Waals surface area contributed by atoms with Crippen LogP contribution in [0.5, 0.6) is 0 Å². The smallest absolute Gasteiger partial charge is 0.196 e. The molecule has 0 radical (unpaired) electrons. The number of aromatic amines is 1. The zero-order valence-corrected chi connectivity index (χ0v) is 13.1. The van der Waals surface area contributed by atoms with E-state index in [1.807, 2.05) is 31.0 Å². The van der Waals surface area contributed by atoms with Gasteiger partial charge in [0.15, 0.2) is 5.96 Å². The molecule has 0 spiro atoms. The first-order valence-corrected chi connectivity index (χ1v) is 6.79. The second kappa shape index (κ2) is 10.00. The predicted octanol–water partition coefficient (Wildman–Crippen LogP) is 1.86. The van der Waals surface area contributed by atoms with E-state index >= 15 is 0 Å². The molecule has 3 N–H and O–H groups in total. The van der Waals surface area contributed by atoms with E-state index in [0.717, 1.165) is 36.2 Å². The Labute approximate surface area is 130 Å². The lowest BCUT2D eigenvalue weighted by Gasteiger charge is -2.12. The van der Waals surface area contributed by atoms with Crippen molar-refractivity contribution < 1.29 is 0 Å². The van der Waals surface area contributed by atoms with E-state index in [-0.39, 0.29) is 24.8 Å². The third-order valence-electron chi connectivity index (χ3n) is 2.42. The van der Waals surface area contributed by atoms with Crippen LogP contribution in [0.2, 0.25) is 0 Å². The molecule has 1 aliphatic heterocycles. The molecule has 8 heteroatoms. The van der Waals surface area contributed by atoms with E-state index in [9.17, 15) is 0 Å². The number of guanidine groups is 1. The first-order chi connectivity index (χ1) is 8.36. The number of aromatic nitrogens is 2. The van der Waals surface area contributed by atoms with Crippen LogP contribution < -0.4 is 10.6 Å². The van der Waals surface area contributed by atoms with Gasteiger partial charge in [-0.15, -0.1) is 24.8 Å². The zero-order valence-electron chi connectivity index (χ0n) is 10.7. The van der Waals surface area contributed by atoms with Crippen LogP contribution in [0.1, 0.15) is 11.4 Å². The number of thioether (sulfide) groups is 1. The molecule has 5 nitrogen and oxygen atoms in total. The van der Waals surface area contributed by atoms with Gasteiger partial charge in [-0.25, -0.2) is 9.98 Å². The van der Waals surface area contributed by atoms with Gasteiger partial charge in [0.25, 0.3) is 0 Å². The fourth-order valence-corrected chi connectivity index (χ4v) is 2.33. The van der Waals surface area contributed by atoms with Crippen LogP contribution in [0.25, 0.3) is 0 Å². The molecule has 0 amide bonds. The Hall–Kier alpha value is -0.850. The fraction of sp³-hybridized carbons (Fsp3) is 0.455. The maximum Gasteiger partial charge on any atom is 0.196 e. The highest BCUT2D eigenvalue weighted by molar-refractivity contribution is 7.98. The van der Waals surface area contributed by atoms with Crippen molar-refractivity contribution in [1.82, 2.24) is 20.6 Å². The lowest BCUT2D eigenvalue weighted by atomic mass is 10.4. The van der Waals surface area contributed by atoms with E-state index < -0.39 is 0 Å². The van der Waals surface area contributed by atoms with Crippen LogP contribution in [-0.4, -0.2) is 34.8 Å². The molecule has 0 saturated heterocycles. The molecule has 0 aliphatic carbocycles. The molecule has 0 atom stereocenters. The zero-order chi connectivity index (χ0) is 11.9. The lowest BCUT2D eigenvalue weighted by molar-refractivity contribution is 0.876. The topological polar surface area (TPSA) is 65.1 Å². The molecule has 0 bridgehead atoms. The van der Waals surface area contributed by atoms with Crippen molar-refractivity contribution in [3.8, 4) is 0 Å². The number of hydrogen-bond acceptors (Lipinski definition) is 5. The molecule has 2 heterocycles. The van der Waals surface area contributed by atoms with Crippen molar-refractivity contribution in [2.75, 3.05) is 18.8 Å². The van der Waals surface area contributed by atoms with Gasteiger partial charge in [0.2, 0.25) is 0 Å². The van der Waals surface area contributed by atoms with E-state index in [1.165, 1.54) is 5.69 Å². The second-order valence-corrected chi connectivity index (χ2v) is 4.79. The third kappa shape index (κ3) is 6.22. The molecule has 0 aromatic carbocycles. The van der Waals surface area contributed by atoms with Crippen molar-refractivity contribution in [1.29, 1.82) is 0 Å². The standard InChI is InChI=1S/C11H17N5S.2ClH/c1-9-10(16-8-15-9)7-17-6-5-14-11-12-3-2-4-13-11;;/h2-3,8H,4-7H2,1H3,(H,15,16)(H2,12,13,14);2*1H. The van der Waals surface area contributed by atoms with Crippen molar-refractivity contribution >= 4 is 42.5 Å². The lowest BCUT2D eigenvalue weighted by Crippen LogP contribution is -2.39. The fourth-order valence-electron chi connectivity index (χ4n) is 1.44. The van der Waals surface area contributed by atoms with Gasteiger partial charge in [-0.1, -0.05) is 0 Å². The summed E-state index contributed by atoms with van der Waals surface area (Å²) in [5.74, 6) is 2.89. The van der Waals surface area contributed by atoms with Crippen LogP contribution in [0.4, 0.5) is 0 Å². The second-order valence-electron chi connectivity index (χ2n) is 3.69. The van der Waals surface area contributed by atoms with Gasteiger partial charge in [-0.3, -0.25) is 0 Å². The van der Waals surface area contributed by atoms with Gasteiger partial charge < -0.3 is 15.6 Å².